The van der Waals surface area contributed by atoms with Gasteiger partial charge in [-0.2, -0.15) is 0 Å². The van der Waals surface area contributed by atoms with Crippen LogP contribution >= 0.6 is 0 Å². The van der Waals surface area contributed by atoms with E-state index >= 15 is 0 Å². The maximum atomic E-state index is 10.9. The SMILES string of the molecule is C=CC(=O)NC(=N)CCC[N+](C)(C)CC.[Cl-]. The summed E-state index contributed by atoms with van der Waals surface area (Å²) in [6, 6.07) is 0. The third kappa shape index (κ3) is 8.44. The smallest absolute Gasteiger partial charge is 0.248 e. The van der Waals surface area contributed by atoms with Gasteiger partial charge in [0.15, 0.2) is 0 Å². The first-order chi connectivity index (χ1) is 6.91. The summed E-state index contributed by atoms with van der Waals surface area (Å²) in [5.74, 6) is -0.0276. The molecule has 0 atom stereocenters. The van der Waals surface area contributed by atoms with Crippen LogP contribution in [0.25, 0.3) is 0 Å². The van der Waals surface area contributed by atoms with Crippen molar-refractivity contribution in [1.82, 2.24) is 5.32 Å². The summed E-state index contributed by atoms with van der Waals surface area (Å²) in [7, 11) is 4.32. The summed E-state index contributed by atoms with van der Waals surface area (Å²) in [6.45, 7) is 7.57. The van der Waals surface area contributed by atoms with Crippen LogP contribution in [0.2, 0.25) is 0 Å². The number of hydrogen-bond donors (Lipinski definition) is 2. The normalized spacial score (nSPS) is 10.2. The van der Waals surface area contributed by atoms with Crippen LogP contribution in [-0.4, -0.2) is 43.4 Å². The molecule has 2 N–H and O–H groups in total. The van der Waals surface area contributed by atoms with Gasteiger partial charge >= 0.3 is 0 Å². The summed E-state index contributed by atoms with van der Waals surface area (Å²) in [5.41, 5.74) is 0. The lowest BCUT2D eigenvalue weighted by Crippen LogP contribution is -3.00. The van der Waals surface area contributed by atoms with E-state index < -0.39 is 0 Å². The molecule has 0 radical (unpaired) electrons. The number of carbonyl (C=O) groups is 1. The van der Waals surface area contributed by atoms with E-state index in [2.05, 4.69) is 32.9 Å². The minimum Gasteiger partial charge on any atom is -1.00 e. The van der Waals surface area contributed by atoms with Crippen LogP contribution in [0.15, 0.2) is 12.7 Å². The fourth-order valence-corrected chi connectivity index (χ4v) is 1.10. The van der Waals surface area contributed by atoms with Crippen molar-refractivity contribution < 1.29 is 21.7 Å². The second kappa shape index (κ2) is 8.30. The van der Waals surface area contributed by atoms with E-state index in [1.165, 1.54) is 6.08 Å². The van der Waals surface area contributed by atoms with Gasteiger partial charge in [-0.05, 0) is 13.0 Å². The summed E-state index contributed by atoms with van der Waals surface area (Å²) in [5, 5.41) is 9.95. The average Bonchev–Trinajstić information content (AvgIpc) is 2.17. The number of halogens is 1. The van der Waals surface area contributed by atoms with Gasteiger partial charge in [0.2, 0.25) is 5.91 Å². The standard InChI is InChI=1S/C11H21N3O.ClH/c1-5-11(15)13-10(12)8-7-9-14(3,4)6-2;/h5H,1,6-9H2,2-4H3,(H-,12,13,15);1H. The van der Waals surface area contributed by atoms with Crippen molar-refractivity contribution in [2.75, 3.05) is 27.2 Å². The Hall–Kier alpha value is -0.870. The molecule has 0 aromatic heterocycles. The maximum Gasteiger partial charge on any atom is 0.248 e. The number of nitrogens with zero attached hydrogens (tertiary/aromatic N) is 1. The molecule has 0 saturated carbocycles. The molecule has 0 aromatic rings. The fraction of sp³-hybridized carbons (Fsp3) is 0.636. The number of carbonyl (C=O) groups excluding carboxylic acids is 1. The zero-order valence-corrected chi connectivity index (χ0v) is 11.1. The third-order valence-corrected chi connectivity index (χ3v) is 2.51. The molecule has 4 nitrogen and oxygen atoms in total. The number of amidine groups is 1. The molecule has 0 aromatic carbocycles. The predicted molar refractivity (Wildman–Crippen MR) is 62.8 cm³/mol. The van der Waals surface area contributed by atoms with Gasteiger partial charge in [-0.3, -0.25) is 10.2 Å². The van der Waals surface area contributed by atoms with Crippen molar-refractivity contribution >= 4 is 11.7 Å². The molecule has 5 heteroatoms. The molecule has 0 aliphatic rings. The van der Waals surface area contributed by atoms with E-state index in [9.17, 15) is 4.79 Å². The van der Waals surface area contributed by atoms with Crippen molar-refractivity contribution in [2.24, 2.45) is 0 Å². The molecule has 94 valence electrons. The topological polar surface area (TPSA) is 53.0 Å². The highest BCUT2D eigenvalue weighted by molar-refractivity contribution is 6.01. The summed E-state index contributed by atoms with van der Waals surface area (Å²) in [6.07, 6.45) is 2.71. The van der Waals surface area contributed by atoms with Crippen molar-refractivity contribution in [3.63, 3.8) is 0 Å². The van der Waals surface area contributed by atoms with Gasteiger partial charge in [0, 0.05) is 12.8 Å². The Balaban J connectivity index is 0. The molecule has 0 rings (SSSR count). The van der Waals surface area contributed by atoms with E-state index in [4.69, 9.17) is 5.41 Å². The Bertz CT molecular complexity index is 252. The summed E-state index contributed by atoms with van der Waals surface area (Å²) in [4.78, 5) is 10.9. The van der Waals surface area contributed by atoms with Crippen molar-refractivity contribution in [2.45, 2.75) is 19.8 Å². The average molecular weight is 248 g/mol. The van der Waals surface area contributed by atoms with E-state index in [-0.39, 0.29) is 24.1 Å². The van der Waals surface area contributed by atoms with Gasteiger partial charge in [0.25, 0.3) is 0 Å². The van der Waals surface area contributed by atoms with E-state index in [1.54, 1.807) is 0 Å². The number of rotatable bonds is 6. The van der Waals surface area contributed by atoms with Crippen LogP contribution in [0.5, 0.6) is 0 Å². The van der Waals surface area contributed by atoms with Gasteiger partial charge in [-0.1, -0.05) is 6.58 Å². The minimum atomic E-state index is -0.302. The molecule has 0 fully saturated rings. The molecule has 0 unspecified atom stereocenters. The molecule has 1 amide bonds. The van der Waals surface area contributed by atoms with E-state index in [0.717, 1.165) is 24.0 Å². The lowest BCUT2D eigenvalue weighted by molar-refractivity contribution is -0.888. The highest BCUT2D eigenvalue weighted by Gasteiger charge is 2.11. The van der Waals surface area contributed by atoms with Crippen molar-refractivity contribution in [1.29, 1.82) is 5.41 Å². The van der Waals surface area contributed by atoms with E-state index in [1.807, 2.05) is 0 Å². The molecular formula is C11H22ClN3O. The first-order valence-electron chi connectivity index (χ1n) is 5.24. The number of nitrogens with one attached hydrogen (secondary N) is 2. The molecule has 0 aliphatic heterocycles. The Morgan fingerprint density at radius 3 is 2.50 bits per heavy atom. The van der Waals surface area contributed by atoms with Crippen LogP contribution in [0.3, 0.4) is 0 Å². The zero-order chi connectivity index (χ0) is 11.9. The van der Waals surface area contributed by atoms with Crippen LogP contribution in [0.4, 0.5) is 0 Å². The zero-order valence-electron chi connectivity index (χ0n) is 10.3. The fourth-order valence-electron chi connectivity index (χ4n) is 1.10. The van der Waals surface area contributed by atoms with Crippen LogP contribution in [0, 0.1) is 5.41 Å². The first-order valence-corrected chi connectivity index (χ1v) is 5.24. The number of amides is 1. The van der Waals surface area contributed by atoms with Crippen LogP contribution in [0.1, 0.15) is 19.8 Å². The maximum absolute atomic E-state index is 10.9. The molecule has 0 heterocycles. The minimum absolute atomic E-state index is 0. The Kier molecular flexibility index (Phi) is 9.09. The molecule has 0 aliphatic carbocycles. The monoisotopic (exact) mass is 247 g/mol. The predicted octanol–water partition coefficient (Wildman–Crippen LogP) is -1.85. The second-order valence-corrected chi connectivity index (χ2v) is 4.25. The van der Waals surface area contributed by atoms with Crippen molar-refractivity contribution in [3.05, 3.63) is 12.7 Å². The molecule has 0 bridgehead atoms. The lowest BCUT2D eigenvalue weighted by atomic mass is 10.2. The Morgan fingerprint density at radius 1 is 1.50 bits per heavy atom. The van der Waals surface area contributed by atoms with Crippen LogP contribution in [-0.2, 0) is 4.79 Å². The molecule has 16 heavy (non-hydrogen) atoms. The number of quaternary nitrogens is 1. The van der Waals surface area contributed by atoms with Crippen molar-refractivity contribution in [3.8, 4) is 0 Å². The van der Waals surface area contributed by atoms with Crippen LogP contribution < -0.4 is 17.7 Å². The molecule has 0 spiro atoms. The van der Waals surface area contributed by atoms with E-state index in [0.29, 0.717) is 6.42 Å². The molecule has 0 saturated heterocycles. The van der Waals surface area contributed by atoms with Gasteiger partial charge in [0.05, 0.1) is 27.2 Å². The second-order valence-electron chi connectivity index (χ2n) is 4.25. The number of hydrogen-bond acceptors (Lipinski definition) is 2. The van der Waals surface area contributed by atoms with Gasteiger partial charge in [-0.15, -0.1) is 0 Å². The molecular weight excluding hydrogens is 226 g/mol. The first kappa shape index (κ1) is 17.5. The lowest BCUT2D eigenvalue weighted by Gasteiger charge is -2.28. The Morgan fingerprint density at radius 2 is 2.06 bits per heavy atom. The summed E-state index contributed by atoms with van der Waals surface area (Å²) >= 11 is 0. The van der Waals surface area contributed by atoms with Gasteiger partial charge in [0.1, 0.15) is 5.84 Å². The largest absolute Gasteiger partial charge is 1.00 e. The Labute approximate surface area is 104 Å². The quantitative estimate of drug-likeness (QED) is 0.246. The highest BCUT2D eigenvalue weighted by atomic mass is 35.5. The highest BCUT2D eigenvalue weighted by Crippen LogP contribution is 2.00. The van der Waals surface area contributed by atoms with Gasteiger partial charge < -0.3 is 22.2 Å². The summed E-state index contributed by atoms with van der Waals surface area (Å²) < 4.78 is 0.947. The van der Waals surface area contributed by atoms with Gasteiger partial charge in [-0.25, -0.2) is 0 Å². The third-order valence-electron chi connectivity index (χ3n) is 2.51.